The highest BCUT2D eigenvalue weighted by Crippen LogP contribution is 2.29. The monoisotopic (exact) mass is 570 g/mol. The summed E-state index contributed by atoms with van der Waals surface area (Å²) >= 11 is 3.44. The summed E-state index contributed by atoms with van der Waals surface area (Å²) in [6.45, 7) is 5.88. The number of hydrazone groups is 1. The summed E-state index contributed by atoms with van der Waals surface area (Å²) in [4.78, 5) is 36.2. The molecule has 0 aliphatic carbocycles. The summed E-state index contributed by atoms with van der Waals surface area (Å²) in [7, 11) is 0. The average Bonchev–Trinajstić information content (AvgIpc) is 3.38. The van der Waals surface area contributed by atoms with Crippen molar-refractivity contribution in [1.82, 2.24) is 10.7 Å². The number of ether oxygens (including phenoxy) is 2. The molecule has 0 unspecified atom stereocenters. The van der Waals surface area contributed by atoms with E-state index in [-0.39, 0.29) is 19.1 Å². The number of rotatable bonds is 10. The molecule has 0 radical (unpaired) electrons. The second-order valence-electron chi connectivity index (χ2n) is 7.85. The molecule has 1 heterocycles. The molecule has 3 aromatic rings. The minimum Gasteiger partial charge on any atom is -0.490 e. The van der Waals surface area contributed by atoms with Gasteiger partial charge in [-0.25, -0.2) is 5.43 Å². The zero-order chi connectivity index (χ0) is 26.8. The van der Waals surface area contributed by atoms with Crippen LogP contribution >= 0.6 is 15.9 Å². The topological polar surface area (TPSA) is 131 Å². The van der Waals surface area contributed by atoms with Gasteiger partial charge in [-0.05, 0) is 79.9 Å². The van der Waals surface area contributed by atoms with E-state index in [9.17, 15) is 14.4 Å². The van der Waals surface area contributed by atoms with Crippen molar-refractivity contribution in [3.8, 4) is 11.5 Å². The van der Waals surface area contributed by atoms with Crippen LogP contribution in [0.15, 0.2) is 62.7 Å². The van der Waals surface area contributed by atoms with Crippen molar-refractivity contribution < 1.29 is 28.3 Å². The first-order valence-electron chi connectivity index (χ1n) is 11.4. The van der Waals surface area contributed by atoms with Crippen LogP contribution in [0.4, 0.5) is 5.69 Å². The molecule has 3 rings (SSSR count). The maximum atomic E-state index is 12.5. The molecule has 0 aliphatic rings. The lowest BCUT2D eigenvalue weighted by Crippen LogP contribution is -2.37. The van der Waals surface area contributed by atoms with E-state index in [1.807, 2.05) is 32.9 Å². The third kappa shape index (κ3) is 8.21. The number of carbonyl (C=O) groups is 3. The second kappa shape index (κ2) is 13.3. The first kappa shape index (κ1) is 27.5. The Morgan fingerprint density at radius 1 is 1.03 bits per heavy atom. The fourth-order valence-electron chi connectivity index (χ4n) is 3.30. The van der Waals surface area contributed by atoms with Crippen molar-refractivity contribution >= 4 is 45.6 Å². The molecular formula is C26H27BrN4O6. The van der Waals surface area contributed by atoms with Gasteiger partial charge in [-0.3, -0.25) is 14.4 Å². The molecular weight excluding hydrogens is 544 g/mol. The molecule has 194 valence electrons. The highest BCUT2D eigenvalue weighted by Gasteiger charge is 2.14. The molecule has 37 heavy (non-hydrogen) atoms. The van der Waals surface area contributed by atoms with Crippen LogP contribution in [0.5, 0.6) is 11.5 Å². The number of aryl methyl sites for hydroxylation is 2. The fraction of sp³-hybridized carbons (Fsp3) is 0.231. The Balaban J connectivity index is 1.55. The Morgan fingerprint density at radius 3 is 2.46 bits per heavy atom. The summed E-state index contributed by atoms with van der Waals surface area (Å²) in [6, 6.07) is 12.2. The number of amides is 3. The van der Waals surface area contributed by atoms with Gasteiger partial charge in [0.25, 0.3) is 5.91 Å². The predicted molar refractivity (Wildman–Crippen MR) is 142 cm³/mol. The molecule has 0 fully saturated rings. The molecule has 3 N–H and O–H groups in total. The van der Waals surface area contributed by atoms with Crippen molar-refractivity contribution in [2.24, 2.45) is 5.10 Å². The Morgan fingerprint density at radius 2 is 1.78 bits per heavy atom. The third-order valence-corrected chi connectivity index (χ3v) is 5.44. The lowest BCUT2D eigenvalue weighted by Gasteiger charge is -2.14. The standard InChI is InChI=1S/C26H27BrN4O6/c1-4-35-22-12-18(13-29-31-26(34)25(33)28-14-20-6-5-9-36-20)7-8-21(22)37-15-23(32)30-24-16(2)10-19(27)11-17(24)3/h5-13H,4,14-15H2,1-3H3,(H,28,33)(H,30,32)(H,31,34)/b29-13-. The van der Waals surface area contributed by atoms with Crippen molar-refractivity contribution in [1.29, 1.82) is 0 Å². The van der Waals surface area contributed by atoms with Gasteiger partial charge < -0.3 is 24.5 Å². The lowest BCUT2D eigenvalue weighted by atomic mass is 10.1. The minimum atomic E-state index is -0.921. The predicted octanol–water partition coefficient (Wildman–Crippen LogP) is 3.84. The Hall–Kier alpha value is -4.12. The zero-order valence-electron chi connectivity index (χ0n) is 20.6. The smallest absolute Gasteiger partial charge is 0.329 e. The Kier molecular flexibility index (Phi) is 9.84. The van der Waals surface area contributed by atoms with Crippen LogP contribution in [0, 0.1) is 13.8 Å². The van der Waals surface area contributed by atoms with Crippen molar-refractivity contribution in [2.45, 2.75) is 27.3 Å². The van der Waals surface area contributed by atoms with Crippen LogP contribution in [0.2, 0.25) is 0 Å². The van der Waals surface area contributed by atoms with Crippen molar-refractivity contribution in [3.05, 3.63) is 75.7 Å². The van der Waals surface area contributed by atoms with Gasteiger partial charge in [0.1, 0.15) is 5.76 Å². The lowest BCUT2D eigenvalue weighted by molar-refractivity contribution is -0.139. The molecule has 0 atom stereocenters. The van der Waals surface area contributed by atoms with Crippen LogP contribution in [0.3, 0.4) is 0 Å². The quantitative estimate of drug-likeness (QED) is 0.193. The number of benzene rings is 2. The van der Waals surface area contributed by atoms with Crippen molar-refractivity contribution in [2.75, 3.05) is 18.5 Å². The molecule has 1 aromatic heterocycles. The van der Waals surface area contributed by atoms with Gasteiger partial charge in [-0.1, -0.05) is 15.9 Å². The Labute approximate surface area is 222 Å². The zero-order valence-corrected chi connectivity index (χ0v) is 22.2. The van der Waals surface area contributed by atoms with E-state index in [1.165, 1.54) is 12.5 Å². The van der Waals surface area contributed by atoms with E-state index in [2.05, 4.69) is 37.1 Å². The normalized spacial score (nSPS) is 10.7. The fourth-order valence-corrected chi connectivity index (χ4v) is 3.98. The average molecular weight is 571 g/mol. The van der Waals surface area contributed by atoms with Gasteiger partial charge in [0.2, 0.25) is 0 Å². The maximum Gasteiger partial charge on any atom is 0.329 e. The Bertz CT molecular complexity index is 1270. The summed E-state index contributed by atoms with van der Waals surface area (Å²) in [6.07, 6.45) is 2.83. The number of furan rings is 1. The molecule has 0 saturated heterocycles. The molecule has 11 heteroatoms. The van der Waals surface area contributed by atoms with Gasteiger partial charge in [0, 0.05) is 10.2 Å². The minimum absolute atomic E-state index is 0.0858. The first-order chi connectivity index (χ1) is 17.8. The van der Waals surface area contributed by atoms with Crippen LogP contribution in [-0.4, -0.2) is 37.1 Å². The highest BCUT2D eigenvalue weighted by molar-refractivity contribution is 9.10. The number of halogens is 1. The maximum absolute atomic E-state index is 12.5. The van der Waals surface area contributed by atoms with Gasteiger partial charge >= 0.3 is 11.8 Å². The van der Waals surface area contributed by atoms with E-state index in [0.29, 0.717) is 29.4 Å². The molecule has 10 nitrogen and oxygen atoms in total. The largest absolute Gasteiger partial charge is 0.490 e. The second-order valence-corrected chi connectivity index (χ2v) is 8.77. The molecule has 0 spiro atoms. The van der Waals surface area contributed by atoms with Gasteiger partial charge in [0.05, 0.1) is 25.6 Å². The molecule has 0 bridgehead atoms. The third-order valence-electron chi connectivity index (χ3n) is 4.98. The number of hydrogen-bond donors (Lipinski definition) is 3. The van der Waals surface area contributed by atoms with E-state index in [4.69, 9.17) is 13.9 Å². The summed E-state index contributed by atoms with van der Waals surface area (Å²) in [5, 5.41) is 9.11. The van der Waals surface area contributed by atoms with E-state index in [1.54, 1.807) is 30.3 Å². The number of nitrogens with zero attached hydrogens (tertiary/aromatic N) is 1. The molecule has 0 saturated carbocycles. The molecule has 0 aliphatic heterocycles. The number of nitrogens with one attached hydrogen (secondary N) is 3. The summed E-state index contributed by atoms with van der Waals surface area (Å²) in [5.41, 5.74) is 5.35. The molecule has 2 aromatic carbocycles. The van der Waals surface area contributed by atoms with Gasteiger partial charge in [-0.2, -0.15) is 5.10 Å². The summed E-state index contributed by atoms with van der Waals surface area (Å²) in [5.74, 6) is -0.784. The molecule has 3 amide bonds. The SMILES string of the molecule is CCOc1cc(/C=N\NC(=O)C(=O)NCc2ccco2)ccc1OCC(=O)Nc1c(C)cc(Br)cc1C. The highest BCUT2D eigenvalue weighted by atomic mass is 79.9. The van der Waals surface area contributed by atoms with Crippen molar-refractivity contribution in [3.63, 3.8) is 0 Å². The first-order valence-corrected chi connectivity index (χ1v) is 12.2. The number of anilines is 1. The van der Waals surface area contributed by atoms with Gasteiger partial charge in [-0.15, -0.1) is 0 Å². The van der Waals surface area contributed by atoms with Crippen LogP contribution in [-0.2, 0) is 20.9 Å². The van der Waals surface area contributed by atoms with Crippen LogP contribution in [0.1, 0.15) is 29.4 Å². The van der Waals surface area contributed by atoms with Gasteiger partial charge in [0.15, 0.2) is 18.1 Å². The van der Waals surface area contributed by atoms with Crippen LogP contribution in [0.25, 0.3) is 0 Å². The summed E-state index contributed by atoms with van der Waals surface area (Å²) < 4.78 is 17.4. The van der Waals surface area contributed by atoms with E-state index in [0.717, 1.165) is 21.3 Å². The number of carbonyl (C=O) groups excluding carboxylic acids is 3. The van der Waals surface area contributed by atoms with E-state index < -0.39 is 11.8 Å². The van der Waals surface area contributed by atoms with Crippen LogP contribution < -0.4 is 25.5 Å². The van der Waals surface area contributed by atoms with E-state index >= 15 is 0 Å². The number of hydrogen-bond acceptors (Lipinski definition) is 7.